The van der Waals surface area contributed by atoms with Crippen LogP contribution in [-0.4, -0.2) is 4.98 Å². The quantitative estimate of drug-likeness (QED) is 0.919. The van der Waals surface area contributed by atoms with Crippen molar-refractivity contribution < 1.29 is 4.39 Å². The maximum atomic E-state index is 13.0. The Morgan fingerprint density at radius 3 is 2.89 bits per heavy atom. The van der Waals surface area contributed by atoms with Crippen molar-refractivity contribution in [1.82, 2.24) is 4.98 Å². The van der Waals surface area contributed by atoms with Gasteiger partial charge >= 0.3 is 0 Å². The average molecular weight is 285 g/mol. The fourth-order valence-corrected chi connectivity index (χ4v) is 2.95. The molecule has 2 rings (SSSR count). The lowest BCUT2D eigenvalue weighted by atomic mass is 10.1. The first-order valence-corrected chi connectivity index (χ1v) is 6.97. The lowest BCUT2D eigenvalue weighted by Crippen LogP contribution is -1.94. The summed E-state index contributed by atoms with van der Waals surface area (Å²) in [7, 11) is 0. The molecular weight excluding hydrogens is 271 g/mol. The second-order valence-corrected chi connectivity index (χ2v) is 5.61. The van der Waals surface area contributed by atoms with Gasteiger partial charge in [0.1, 0.15) is 5.82 Å². The molecule has 5 heteroatoms. The van der Waals surface area contributed by atoms with E-state index in [9.17, 15) is 4.39 Å². The zero-order valence-corrected chi connectivity index (χ0v) is 11.6. The number of anilines is 1. The first-order chi connectivity index (χ1) is 8.60. The molecule has 0 amide bonds. The Labute approximate surface area is 115 Å². The maximum absolute atomic E-state index is 13.0. The minimum Gasteiger partial charge on any atom is -0.375 e. The van der Waals surface area contributed by atoms with Crippen molar-refractivity contribution in [2.24, 2.45) is 0 Å². The third-order valence-corrected chi connectivity index (χ3v) is 3.93. The van der Waals surface area contributed by atoms with Crippen LogP contribution in [-0.2, 0) is 12.8 Å². The lowest BCUT2D eigenvalue weighted by Gasteiger charge is -2.04. The van der Waals surface area contributed by atoms with Crippen LogP contribution < -0.4 is 5.73 Å². The topological polar surface area (TPSA) is 38.9 Å². The van der Waals surface area contributed by atoms with Crippen LogP contribution in [0.3, 0.4) is 0 Å². The van der Waals surface area contributed by atoms with Gasteiger partial charge in [0.25, 0.3) is 0 Å². The van der Waals surface area contributed by atoms with Gasteiger partial charge in [-0.15, -0.1) is 11.3 Å². The van der Waals surface area contributed by atoms with Crippen molar-refractivity contribution in [2.75, 3.05) is 5.73 Å². The first-order valence-electron chi connectivity index (χ1n) is 5.78. The van der Waals surface area contributed by atoms with E-state index < -0.39 is 0 Å². The van der Waals surface area contributed by atoms with Gasteiger partial charge in [0.2, 0.25) is 0 Å². The Morgan fingerprint density at radius 2 is 2.22 bits per heavy atom. The zero-order chi connectivity index (χ0) is 13.1. The molecule has 0 saturated heterocycles. The number of hydrogen-bond acceptors (Lipinski definition) is 3. The zero-order valence-electron chi connectivity index (χ0n) is 10.0. The van der Waals surface area contributed by atoms with Gasteiger partial charge in [-0.1, -0.05) is 31.0 Å². The van der Waals surface area contributed by atoms with E-state index in [4.69, 9.17) is 17.3 Å². The average Bonchev–Trinajstić information content (AvgIpc) is 2.64. The number of nitrogen functional groups attached to an aromatic ring is 1. The summed E-state index contributed by atoms with van der Waals surface area (Å²) in [5.74, 6) is -0.318. The molecule has 0 atom stereocenters. The second-order valence-electron chi connectivity index (χ2n) is 4.08. The van der Waals surface area contributed by atoms with E-state index in [0.29, 0.717) is 16.6 Å². The predicted octanol–water partition coefficient (Wildman–Crippen LogP) is 4.06. The highest BCUT2D eigenvalue weighted by Gasteiger charge is 2.11. The van der Waals surface area contributed by atoms with Gasteiger partial charge in [-0.2, -0.15) is 0 Å². The Kier molecular flexibility index (Phi) is 4.19. The molecule has 1 aromatic heterocycles. The molecule has 0 saturated carbocycles. The number of hydrogen-bond donors (Lipinski definition) is 1. The number of thiazole rings is 1. The molecule has 0 fully saturated rings. The summed E-state index contributed by atoms with van der Waals surface area (Å²) in [5.41, 5.74) is 7.67. The molecule has 2 N–H and O–H groups in total. The molecule has 0 aliphatic heterocycles. The molecule has 0 spiro atoms. The number of aryl methyl sites for hydroxylation is 1. The van der Waals surface area contributed by atoms with Crippen LogP contribution >= 0.6 is 22.9 Å². The van der Waals surface area contributed by atoms with Crippen LogP contribution in [0.1, 0.15) is 29.5 Å². The smallest absolute Gasteiger partial charge is 0.180 e. The summed E-state index contributed by atoms with van der Waals surface area (Å²) < 4.78 is 13.0. The second kappa shape index (κ2) is 5.67. The standard InChI is InChI=1S/C13H14ClFN2S/c1-2-3-11-12(18-13(16)17-11)6-8-4-5-9(15)7-10(8)14/h4-5,7H,2-3,6H2,1H3,(H2,16,17). The molecule has 2 nitrogen and oxygen atoms in total. The normalized spacial score (nSPS) is 10.8. The maximum Gasteiger partial charge on any atom is 0.180 e. The van der Waals surface area contributed by atoms with Crippen molar-refractivity contribution in [1.29, 1.82) is 0 Å². The number of rotatable bonds is 4. The number of halogens is 2. The van der Waals surface area contributed by atoms with Gasteiger partial charge < -0.3 is 5.73 Å². The molecule has 0 radical (unpaired) electrons. The van der Waals surface area contributed by atoms with E-state index in [2.05, 4.69) is 11.9 Å². The fraction of sp³-hybridized carbons (Fsp3) is 0.308. The molecule has 0 aliphatic carbocycles. The molecule has 2 aromatic rings. The summed E-state index contributed by atoms with van der Waals surface area (Å²) >= 11 is 7.50. The van der Waals surface area contributed by atoms with E-state index in [1.165, 1.54) is 23.5 Å². The minimum atomic E-state index is -0.318. The number of nitrogens with two attached hydrogens (primary N) is 1. The number of nitrogens with zero attached hydrogens (tertiary/aromatic N) is 1. The molecule has 1 heterocycles. The van der Waals surface area contributed by atoms with Gasteiger partial charge in [-0.3, -0.25) is 0 Å². The van der Waals surface area contributed by atoms with E-state index in [-0.39, 0.29) is 5.82 Å². The monoisotopic (exact) mass is 284 g/mol. The molecule has 0 aliphatic rings. The summed E-state index contributed by atoms with van der Waals surface area (Å²) in [4.78, 5) is 5.44. The van der Waals surface area contributed by atoms with Crippen molar-refractivity contribution in [2.45, 2.75) is 26.2 Å². The van der Waals surface area contributed by atoms with Crippen LogP contribution in [0.25, 0.3) is 0 Å². The van der Waals surface area contributed by atoms with Gasteiger partial charge in [-0.25, -0.2) is 9.37 Å². The van der Waals surface area contributed by atoms with E-state index in [0.717, 1.165) is 29.0 Å². The lowest BCUT2D eigenvalue weighted by molar-refractivity contribution is 0.627. The highest BCUT2D eigenvalue weighted by atomic mass is 35.5. The molecule has 0 unspecified atom stereocenters. The molecule has 96 valence electrons. The van der Waals surface area contributed by atoms with Crippen molar-refractivity contribution in [3.05, 3.63) is 45.2 Å². The Balaban J connectivity index is 2.27. The first kappa shape index (κ1) is 13.3. The van der Waals surface area contributed by atoms with E-state index in [1.54, 1.807) is 6.07 Å². The highest BCUT2D eigenvalue weighted by Crippen LogP contribution is 2.27. The molecule has 0 bridgehead atoms. The van der Waals surface area contributed by atoms with Gasteiger partial charge in [-0.05, 0) is 24.1 Å². The third kappa shape index (κ3) is 3.00. The Morgan fingerprint density at radius 1 is 1.44 bits per heavy atom. The Bertz CT molecular complexity index is 554. The molecule has 18 heavy (non-hydrogen) atoms. The van der Waals surface area contributed by atoms with Crippen molar-refractivity contribution >= 4 is 28.1 Å². The molecule has 1 aromatic carbocycles. The largest absolute Gasteiger partial charge is 0.375 e. The summed E-state index contributed by atoms with van der Waals surface area (Å²) in [6, 6.07) is 4.47. The third-order valence-electron chi connectivity index (χ3n) is 2.65. The van der Waals surface area contributed by atoms with Gasteiger partial charge in [0.05, 0.1) is 5.69 Å². The summed E-state index contributed by atoms with van der Waals surface area (Å²) in [6.45, 7) is 2.10. The fourth-order valence-electron chi connectivity index (χ4n) is 1.81. The number of benzene rings is 1. The molecular formula is C13H14ClFN2S. The number of aromatic nitrogens is 1. The van der Waals surface area contributed by atoms with Gasteiger partial charge in [0.15, 0.2) is 5.13 Å². The van der Waals surface area contributed by atoms with Crippen LogP contribution in [0.5, 0.6) is 0 Å². The van der Waals surface area contributed by atoms with Crippen LogP contribution in [0, 0.1) is 5.82 Å². The SMILES string of the molecule is CCCc1nc(N)sc1Cc1ccc(F)cc1Cl. The van der Waals surface area contributed by atoms with Crippen molar-refractivity contribution in [3.63, 3.8) is 0 Å². The summed E-state index contributed by atoms with van der Waals surface area (Å²) in [5, 5.41) is 1.02. The van der Waals surface area contributed by atoms with E-state index in [1.807, 2.05) is 0 Å². The van der Waals surface area contributed by atoms with Crippen LogP contribution in [0.4, 0.5) is 9.52 Å². The van der Waals surface area contributed by atoms with Crippen molar-refractivity contribution in [3.8, 4) is 0 Å². The van der Waals surface area contributed by atoms with Crippen LogP contribution in [0.15, 0.2) is 18.2 Å². The highest BCUT2D eigenvalue weighted by molar-refractivity contribution is 7.15. The van der Waals surface area contributed by atoms with E-state index >= 15 is 0 Å². The predicted molar refractivity (Wildman–Crippen MR) is 74.7 cm³/mol. The summed E-state index contributed by atoms with van der Waals surface area (Å²) in [6.07, 6.45) is 2.58. The van der Waals surface area contributed by atoms with Gasteiger partial charge in [0, 0.05) is 16.3 Å². The Hall–Kier alpha value is -1.13. The minimum absolute atomic E-state index is 0.318. The van der Waals surface area contributed by atoms with Crippen LogP contribution in [0.2, 0.25) is 5.02 Å².